The molecule has 0 aromatic carbocycles. The molecule has 0 spiro atoms. The summed E-state index contributed by atoms with van der Waals surface area (Å²) in [5, 5.41) is 15.1. The number of nitrogens with zero attached hydrogens (tertiary/aromatic N) is 5. The summed E-state index contributed by atoms with van der Waals surface area (Å²) >= 11 is 0. The zero-order valence-corrected chi connectivity index (χ0v) is 13.4. The van der Waals surface area contributed by atoms with Crippen LogP contribution in [-0.2, 0) is 14.6 Å². The molecule has 0 bridgehead atoms. The molecule has 0 aliphatic carbocycles. The van der Waals surface area contributed by atoms with E-state index in [0.717, 1.165) is 18.7 Å². The highest BCUT2D eigenvalue weighted by Crippen LogP contribution is 2.31. The first-order valence-electron chi connectivity index (χ1n) is 7.73. The molecule has 0 amide bonds. The molecule has 0 radical (unpaired) electrons. The normalized spacial score (nSPS) is 25.0. The quantitative estimate of drug-likeness (QED) is 0.856. The molecule has 2 saturated heterocycles. The van der Waals surface area contributed by atoms with E-state index in [-0.39, 0.29) is 23.5 Å². The van der Waals surface area contributed by atoms with Crippen LogP contribution in [0.4, 0.5) is 0 Å². The molecule has 10 heteroatoms. The number of rotatable bonds is 3. The Morgan fingerprint density at radius 1 is 1.26 bits per heavy atom. The summed E-state index contributed by atoms with van der Waals surface area (Å²) in [6.07, 6.45) is 3.90. The van der Waals surface area contributed by atoms with Gasteiger partial charge in [-0.05, 0) is 19.3 Å². The largest absolute Gasteiger partial charge is 0.381 e. The van der Waals surface area contributed by atoms with Gasteiger partial charge >= 0.3 is 0 Å². The molecule has 1 atom stereocenters. The minimum atomic E-state index is -3.00. The van der Waals surface area contributed by atoms with Crippen molar-refractivity contribution in [1.82, 2.24) is 30.2 Å². The number of nitrogens with one attached hydrogen (secondary N) is 1. The SMILES string of the molecule is O=S1(=O)CC[C@H](n2nc(C3CCOCC3)nc2-c2cn[nH]n2)C1. The van der Waals surface area contributed by atoms with Gasteiger partial charge in [-0.15, -0.1) is 0 Å². The average molecular weight is 338 g/mol. The van der Waals surface area contributed by atoms with Crippen LogP contribution in [0, 0.1) is 0 Å². The second kappa shape index (κ2) is 5.68. The smallest absolute Gasteiger partial charge is 0.180 e. The molecule has 23 heavy (non-hydrogen) atoms. The number of aromatic amines is 1. The zero-order chi connectivity index (χ0) is 15.9. The van der Waals surface area contributed by atoms with Crippen LogP contribution in [0.3, 0.4) is 0 Å². The van der Waals surface area contributed by atoms with Crippen LogP contribution in [0.2, 0.25) is 0 Å². The number of ether oxygens (including phenoxy) is 1. The van der Waals surface area contributed by atoms with E-state index in [1.807, 2.05) is 0 Å². The van der Waals surface area contributed by atoms with E-state index < -0.39 is 9.84 Å². The lowest BCUT2D eigenvalue weighted by atomic mass is 10.00. The summed E-state index contributed by atoms with van der Waals surface area (Å²) in [5.41, 5.74) is 0.583. The van der Waals surface area contributed by atoms with Crippen molar-refractivity contribution in [3.63, 3.8) is 0 Å². The third kappa shape index (κ3) is 2.88. The lowest BCUT2D eigenvalue weighted by Gasteiger charge is -2.19. The Bertz CT molecular complexity index is 779. The Hall–Kier alpha value is -1.81. The summed E-state index contributed by atoms with van der Waals surface area (Å²) in [6.45, 7) is 1.41. The van der Waals surface area contributed by atoms with Gasteiger partial charge in [0.05, 0.1) is 23.7 Å². The topological polar surface area (TPSA) is 116 Å². The van der Waals surface area contributed by atoms with E-state index in [9.17, 15) is 8.42 Å². The van der Waals surface area contributed by atoms with Crippen molar-refractivity contribution in [1.29, 1.82) is 0 Å². The van der Waals surface area contributed by atoms with Crippen molar-refractivity contribution in [2.24, 2.45) is 0 Å². The van der Waals surface area contributed by atoms with Gasteiger partial charge in [-0.1, -0.05) is 0 Å². The Morgan fingerprint density at radius 3 is 2.74 bits per heavy atom. The molecule has 2 aromatic heterocycles. The number of hydrogen-bond donors (Lipinski definition) is 1. The van der Waals surface area contributed by atoms with Crippen LogP contribution in [0.5, 0.6) is 0 Å². The van der Waals surface area contributed by atoms with Gasteiger partial charge in [0.15, 0.2) is 21.5 Å². The zero-order valence-electron chi connectivity index (χ0n) is 12.6. The first-order chi connectivity index (χ1) is 11.1. The van der Waals surface area contributed by atoms with Crippen molar-refractivity contribution < 1.29 is 13.2 Å². The fraction of sp³-hybridized carbons (Fsp3) is 0.692. The van der Waals surface area contributed by atoms with E-state index in [1.165, 1.54) is 0 Å². The fourth-order valence-electron chi connectivity index (χ4n) is 3.18. The van der Waals surface area contributed by atoms with Crippen molar-refractivity contribution in [3.05, 3.63) is 12.0 Å². The first kappa shape index (κ1) is 14.8. The van der Waals surface area contributed by atoms with Crippen LogP contribution in [0.1, 0.15) is 37.0 Å². The van der Waals surface area contributed by atoms with Crippen molar-refractivity contribution >= 4 is 9.84 Å². The maximum atomic E-state index is 11.8. The lowest BCUT2D eigenvalue weighted by Crippen LogP contribution is -2.17. The number of aromatic nitrogens is 6. The molecule has 9 nitrogen and oxygen atoms in total. The van der Waals surface area contributed by atoms with Crippen LogP contribution in [0.25, 0.3) is 11.5 Å². The second-order valence-corrected chi connectivity index (χ2v) is 8.27. The van der Waals surface area contributed by atoms with Gasteiger partial charge in [0, 0.05) is 19.1 Å². The highest BCUT2D eigenvalue weighted by Gasteiger charge is 2.33. The van der Waals surface area contributed by atoms with Gasteiger partial charge < -0.3 is 4.74 Å². The summed E-state index contributed by atoms with van der Waals surface area (Å²) < 4.78 is 30.7. The maximum Gasteiger partial charge on any atom is 0.180 e. The van der Waals surface area contributed by atoms with E-state index in [2.05, 4.69) is 25.5 Å². The van der Waals surface area contributed by atoms with Crippen LogP contribution in [0.15, 0.2) is 6.20 Å². The van der Waals surface area contributed by atoms with Gasteiger partial charge in [-0.25, -0.2) is 18.1 Å². The fourth-order valence-corrected chi connectivity index (χ4v) is 4.87. The van der Waals surface area contributed by atoms with Crippen LogP contribution < -0.4 is 0 Å². The average Bonchev–Trinajstić information content (AvgIpc) is 3.25. The highest BCUT2D eigenvalue weighted by atomic mass is 32.2. The Morgan fingerprint density at radius 2 is 2.09 bits per heavy atom. The Balaban J connectivity index is 1.72. The number of H-pyrrole nitrogens is 1. The third-order valence-corrected chi connectivity index (χ3v) is 6.18. The minimum Gasteiger partial charge on any atom is -0.381 e. The molecule has 2 aromatic rings. The van der Waals surface area contributed by atoms with Crippen molar-refractivity contribution in [3.8, 4) is 11.5 Å². The monoisotopic (exact) mass is 338 g/mol. The lowest BCUT2D eigenvalue weighted by molar-refractivity contribution is 0.0835. The Kier molecular flexibility index (Phi) is 3.64. The van der Waals surface area contributed by atoms with E-state index >= 15 is 0 Å². The molecule has 4 heterocycles. The molecule has 124 valence electrons. The first-order valence-corrected chi connectivity index (χ1v) is 9.55. The van der Waals surface area contributed by atoms with Crippen LogP contribution in [-0.4, -0.2) is 63.3 Å². The summed E-state index contributed by atoms with van der Waals surface area (Å²) in [6, 6.07) is -0.187. The molecule has 2 fully saturated rings. The van der Waals surface area contributed by atoms with Gasteiger partial charge in [0.1, 0.15) is 5.69 Å². The number of hydrogen-bond acceptors (Lipinski definition) is 7. The summed E-state index contributed by atoms with van der Waals surface area (Å²) in [7, 11) is -3.00. The van der Waals surface area contributed by atoms with Gasteiger partial charge in [-0.2, -0.15) is 20.5 Å². The summed E-state index contributed by atoms with van der Waals surface area (Å²) in [5.74, 6) is 1.88. The van der Waals surface area contributed by atoms with Gasteiger partial charge in [0.25, 0.3) is 0 Å². The maximum absolute atomic E-state index is 11.8. The molecule has 1 N–H and O–H groups in total. The molecule has 2 aliphatic heterocycles. The van der Waals surface area contributed by atoms with E-state index in [4.69, 9.17) is 4.74 Å². The number of sulfone groups is 1. The molecule has 4 rings (SSSR count). The predicted molar refractivity (Wildman–Crippen MR) is 80.5 cm³/mol. The summed E-state index contributed by atoms with van der Waals surface area (Å²) in [4.78, 5) is 4.65. The standard InChI is InChI=1S/C13H18N6O3S/c20-23(21)6-3-10(8-23)19-13(11-7-14-18-16-11)15-12(17-19)9-1-4-22-5-2-9/h7,9-10H,1-6,8H2,(H,14,16,18)/t10-/m0/s1. The minimum absolute atomic E-state index is 0.106. The molecular formula is C13H18N6O3S. The van der Waals surface area contributed by atoms with E-state index in [1.54, 1.807) is 10.9 Å². The third-order valence-electron chi connectivity index (χ3n) is 4.43. The van der Waals surface area contributed by atoms with Crippen molar-refractivity contribution in [2.75, 3.05) is 24.7 Å². The second-order valence-electron chi connectivity index (χ2n) is 6.04. The molecule has 0 saturated carbocycles. The Labute approximate surface area is 133 Å². The molecule has 2 aliphatic rings. The van der Waals surface area contributed by atoms with Crippen molar-refractivity contribution in [2.45, 2.75) is 31.2 Å². The predicted octanol–water partition coefficient (Wildman–Crippen LogP) is 0.317. The van der Waals surface area contributed by atoms with Gasteiger partial charge in [-0.3, -0.25) is 0 Å². The van der Waals surface area contributed by atoms with E-state index in [0.29, 0.717) is 31.2 Å². The molecular weight excluding hydrogens is 320 g/mol. The molecule has 0 unspecified atom stereocenters. The highest BCUT2D eigenvalue weighted by molar-refractivity contribution is 7.91. The van der Waals surface area contributed by atoms with Crippen LogP contribution >= 0.6 is 0 Å². The van der Waals surface area contributed by atoms with Gasteiger partial charge in [0.2, 0.25) is 0 Å².